The summed E-state index contributed by atoms with van der Waals surface area (Å²) in [6.45, 7) is 0. The van der Waals surface area contributed by atoms with Crippen LogP contribution >= 0.6 is 0 Å². The van der Waals surface area contributed by atoms with Crippen LogP contribution in [0.3, 0.4) is 0 Å². The summed E-state index contributed by atoms with van der Waals surface area (Å²) in [5.41, 5.74) is 9.50. The standard InChI is InChI=1S/C20H17NO3/c1-23-18-9-7-12(10-16(18)21)20(22)13-6-8-15-14-4-2-3-5-17(14)24-19(15)11-13/h2-11,20,22H,21H2,1H3/t20-/m1/s1. The third-order valence-electron chi connectivity index (χ3n) is 4.29. The molecule has 0 aliphatic carbocycles. The summed E-state index contributed by atoms with van der Waals surface area (Å²) in [5.74, 6) is 0.596. The van der Waals surface area contributed by atoms with Crippen molar-refractivity contribution in [2.24, 2.45) is 0 Å². The second-order valence-electron chi connectivity index (χ2n) is 5.76. The van der Waals surface area contributed by atoms with Crippen LogP contribution in [0.4, 0.5) is 5.69 Å². The van der Waals surface area contributed by atoms with Crippen LogP contribution < -0.4 is 10.5 Å². The molecule has 4 rings (SSSR count). The molecular formula is C20H17NO3. The van der Waals surface area contributed by atoms with Crippen LogP contribution in [0.1, 0.15) is 17.2 Å². The minimum absolute atomic E-state index is 0.499. The van der Waals surface area contributed by atoms with E-state index in [-0.39, 0.29) is 0 Å². The highest BCUT2D eigenvalue weighted by Gasteiger charge is 2.15. The first-order valence-electron chi connectivity index (χ1n) is 7.70. The molecule has 0 aliphatic heterocycles. The number of benzene rings is 3. The highest BCUT2D eigenvalue weighted by molar-refractivity contribution is 6.04. The Bertz CT molecular complexity index is 1040. The van der Waals surface area contributed by atoms with Crippen LogP contribution in [0, 0.1) is 0 Å². The fraction of sp³-hybridized carbons (Fsp3) is 0.100. The molecule has 0 aliphatic rings. The van der Waals surface area contributed by atoms with E-state index in [9.17, 15) is 5.11 Å². The van der Waals surface area contributed by atoms with Gasteiger partial charge < -0.3 is 20.0 Å². The van der Waals surface area contributed by atoms with E-state index in [2.05, 4.69) is 0 Å². The van der Waals surface area contributed by atoms with Gasteiger partial charge in [0, 0.05) is 10.8 Å². The van der Waals surface area contributed by atoms with Crippen molar-refractivity contribution in [2.75, 3.05) is 12.8 Å². The van der Waals surface area contributed by atoms with Gasteiger partial charge in [-0.2, -0.15) is 0 Å². The van der Waals surface area contributed by atoms with E-state index in [1.165, 1.54) is 0 Å². The number of rotatable bonds is 3. The van der Waals surface area contributed by atoms with Crippen LogP contribution in [-0.2, 0) is 0 Å². The first-order valence-corrected chi connectivity index (χ1v) is 7.70. The molecular weight excluding hydrogens is 302 g/mol. The number of hydrogen-bond donors (Lipinski definition) is 2. The molecule has 4 heteroatoms. The van der Waals surface area contributed by atoms with Crippen LogP contribution in [0.25, 0.3) is 21.9 Å². The predicted molar refractivity (Wildman–Crippen MR) is 95.2 cm³/mol. The molecule has 0 radical (unpaired) electrons. The minimum atomic E-state index is -0.782. The number of anilines is 1. The average molecular weight is 319 g/mol. The zero-order chi connectivity index (χ0) is 16.7. The van der Waals surface area contributed by atoms with E-state index < -0.39 is 6.10 Å². The molecule has 1 aromatic heterocycles. The van der Waals surface area contributed by atoms with Gasteiger partial charge in [-0.1, -0.05) is 36.4 Å². The summed E-state index contributed by atoms with van der Waals surface area (Å²) in [6, 6.07) is 19.0. The fourth-order valence-corrected chi connectivity index (χ4v) is 3.03. The highest BCUT2D eigenvalue weighted by atomic mass is 16.5. The van der Waals surface area contributed by atoms with Crippen molar-refractivity contribution in [1.29, 1.82) is 0 Å². The number of methoxy groups -OCH3 is 1. The molecule has 4 nitrogen and oxygen atoms in total. The van der Waals surface area contributed by atoms with Gasteiger partial charge >= 0.3 is 0 Å². The Labute approximate surface area is 139 Å². The molecule has 1 atom stereocenters. The Morgan fingerprint density at radius 2 is 1.62 bits per heavy atom. The maximum atomic E-state index is 10.7. The lowest BCUT2D eigenvalue weighted by molar-refractivity contribution is 0.220. The Morgan fingerprint density at radius 3 is 2.42 bits per heavy atom. The fourth-order valence-electron chi connectivity index (χ4n) is 3.03. The number of aliphatic hydroxyl groups is 1. The first kappa shape index (κ1) is 14.6. The molecule has 120 valence electrons. The van der Waals surface area contributed by atoms with E-state index >= 15 is 0 Å². The molecule has 0 spiro atoms. The average Bonchev–Trinajstić information content (AvgIpc) is 2.98. The van der Waals surface area contributed by atoms with E-state index in [0.717, 1.165) is 27.5 Å². The molecule has 0 fully saturated rings. The zero-order valence-electron chi connectivity index (χ0n) is 13.2. The highest BCUT2D eigenvalue weighted by Crippen LogP contribution is 2.33. The number of para-hydroxylation sites is 1. The molecule has 4 aromatic rings. The lowest BCUT2D eigenvalue weighted by atomic mass is 9.99. The van der Waals surface area contributed by atoms with E-state index in [4.69, 9.17) is 14.9 Å². The topological polar surface area (TPSA) is 68.6 Å². The van der Waals surface area contributed by atoms with Gasteiger partial charge in [0.1, 0.15) is 23.0 Å². The van der Waals surface area contributed by atoms with Gasteiger partial charge in [-0.25, -0.2) is 0 Å². The largest absolute Gasteiger partial charge is 0.495 e. The molecule has 1 heterocycles. The van der Waals surface area contributed by atoms with Gasteiger partial charge in [-0.15, -0.1) is 0 Å². The van der Waals surface area contributed by atoms with Crippen molar-refractivity contribution in [1.82, 2.24) is 0 Å². The van der Waals surface area contributed by atoms with Gasteiger partial charge in [-0.05, 0) is 35.4 Å². The number of aliphatic hydroxyl groups excluding tert-OH is 1. The van der Waals surface area contributed by atoms with Gasteiger partial charge in [0.2, 0.25) is 0 Å². The Hall–Kier alpha value is -2.98. The molecule has 3 aromatic carbocycles. The maximum absolute atomic E-state index is 10.7. The SMILES string of the molecule is COc1ccc([C@@H](O)c2ccc3c(c2)oc2ccccc23)cc1N. The number of fused-ring (bicyclic) bond motifs is 3. The molecule has 0 saturated carbocycles. The second kappa shape index (κ2) is 5.58. The Morgan fingerprint density at radius 1 is 0.917 bits per heavy atom. The number of hydrogen-bond acceptors (Lipinski definition) is 4. The third-order valence-corrected chi connectivity index (χ3v) is 4.29. The van der Waals surface area contributed by atoms with Gasteiger partial charge in [0.15, 0.2) is 0 Å². The lowest BCUT2D eigenvalue weighted by Gasteiger charge is -2.13. The van der Waals surface area contributed by atoms with Gasteiger partial charge in [-0.3, -0.25) is 0 Å². The summed E-state index contributed by atoms with van der Waals surface area (Å²) in [6.07, 6.45) is -0.782. The second-order valence-corrected chi connectivity index (χ2v) is 5.76. The van der Waals surface area contributed by atoms with Crippen LogP contribution in [0.5, 0.6) is 5.75 Å². The molecule has 0 amide bonds. The van der Waals surface area contributed by atoms with Crippen molar-refractivity contribution < 1.29 is 14.3 Å². The minimum Gasteiger partial charge on any atom is -0.495 e. The summed E-state index contributed by atoms with van der Waals surface area (Å²) >= 11 is 0. The summed E-state index contributed by atoms with van der Waals surface area (Å²) in [4.78, 5) is 0. The smallest absolute Gasteiger partial charge is 0.141 e. The summed E-state index contributed by atoms with van der Waals surface area (Å²) in [7, 11) is 1.57. The molecule has 0 bridgehead atoms. The summed E-state index contributed by atoms with van der Waals surface area (Å²) in [5, 5.41) is 12.8. The van der Waals surface area contributed by atoms with Crippen molar-refractivity contribution in [3.8, 4) is 5.75 Å². The normalized spacial score (nSPS) is 12.6. The Balaban J connectivity index is 1.78. The maximum Gasteiger partial charge on any atom is 0.141 e. The van der Waals surface area contributed by atoms with Crippen molar-refractivity contribution in [3.05, 3.63) is 71.8 Å². The van der Waals surface area contributed by atoms with Gasteiger partial charge in [0.05, 0.1) is 12.8 Å². The number of nitrogen functional groups attached to an aromatic ring is 1. The quantitative estimate of drug-likeness (QED) is 0.554. The first-order chi connectivity index (χ1) is 11.7. The van der Waals surface area contributed by atoms with E-state index in [0.29, 0.717) is 17.0 Å². The number of furan rings is 1. The Kier molecular flexibility index (Phi) is 3.40. The van der Waals surface area contributed by atoms with Gasteiger partial charge in [0.25, 0.3) is 0 Å². The lowest BCUT2D eigenvalue weighted by Crippen LogP contribution is -2.01. The van der Waals surface area contributed by atoms with E-state index in [1.54, 1.807) is 19.2 Å². The van der Waals surface area contributed by atoms with Crippen LogP contribution in [0.15, 0.2) is 65.1 Å². The van der Waals surface area contributed by atoms with Crippen molar-refractivity contribution >= 4 is 27.6 Å². The monoisotopic (exact) mass is 319 g/mol. The molecule has 3 N–H and O–H groups in total. The number of ether oxygens (including phenoxy) is 1. The van der Waals surface area contributed by atoms with Crippen LogP contribution in [0.2, 0.25) is 0 Å². The summed E-state index contributed by atoms with van der Waals surface area (Å²) < 4.78 is 11.0. The molecule has 24 heavy (non-hydrogen) atoms. The molecule has 0 saturated heterocycles. The van der Waals surface area contributed by atoms with E-state index in [1.807, 2.05) is 48.5 Å². The van der Waals surface area contributed by atoms with Crippen molar-refractivity contribution in [3.63, 3.8) is 0 Å². The number of nitrogens with two attached hydrogens (primary N) is 1. The predicted octanol–water partition coefficient (Wildman–Crippen LogP) is 4.26. The third kappa shape index (κ3) is 2.28. The molecule has 0 unspecified atom stereocenters. The van der Waals surface area contributed by atoms with Crippen LogP contribution in [-0.4, -0.2) is 12.2 Å². The van der Waals surface area contributed by atoms with Crippen molar-refractivity contribution in [2.45, 2.75) is 6.10 Å². The zero-order valence-corrected chi connectivity index (χ0v) is 13.2.